The average molecular weight is 407 g/mol. The molecule has 3 aromatic rings. The summed E-state index contributed by atoms with van der Waals surface area (Å²) in [7, 11) is 0. The number of aryl methyl sites for hydroxylation is 1. The van der Waals surface area contributed by atoms with Gasteiger partial charge in [0.2, 0.25) is 0 Å². The molecule has 0 aromatic heterocycles. The van der Waals surface area contributed by atoms with Crippen molar-refractivity contribution < 1.29 is 13.9 Å². The Balaban J connectivity index is 1.61. The van der Waals surface area contributed by atoms with E-state index < -0.39 is 0 Å². The first-order valence-electron chi connectivity index (χ1n) is 10.9. The molecule has 0 aliphatic rings. The number of unbranched alkanes of at least 4 members (excludes halogenated alkanes) is 1. The molecule has 0 saturated carbocycles. The summed E-state index contributed by atoms with van der Waals surface area (Å²) in [6.07, 6.45) is 4.37. The minimum absolute atomic E-state index is 0.208. The number of ether oxygens (including phenoxy) is 2. The maximum Gasteiger partial charge on any atom is 0.131 e. The van der Waals surface area contributed by atoms with Gasteiger partial charge in [-0.1, -0.05) is 75.2 Å². The van der Waals surface area contributed by atoms with Crippen LogP contribution in [0, 0.1) is 5.82 Å². The zero-order valence-corrected chi connectivity index (χ0v) is 18.0. The number of halogens is 1. The molecule has 0 saturated heterocycles. The molecular formula is C27H31FO2. The summed E-state index contributed by atoms with van der Waals surface area (Å²) < 4.78 is 26.0. The number of hydrogen-bond donors (Lipinski definition) is 0. The van der Waals surface area contributed by atoms with Crippen LogP contribution in [0.1, 0.15) is 38.7 Å². The van der Waals surface area contributed by atoms with Crippen LogP contribution < -0.4 is 4.74 Å². The Morgan fingerprint density at radius 1 is 0.700 bits per heavy atom. The molecule has 0 fully saturated rings. The van der Waals surface area contributed by atoms with Crippen molar-refractivity contribution in [3.8, 4) is 28.0 Å². The molecule has 0 amide bonds. The highest BCUT2D eigenvalue weighted by molar-refractivity contribution is 5.71. The first kappa shape index (κ1) is 22.0. The zero-order valence-electron chi connectivity index (χ0n) is 18.0. The highest BCUT2D eigenvalue weighted by Crippen LogP contribution is 2.29. The lowest BCUT2D eigenvalue weighted by Crippen LogP contribution is -2.07. The van der Waals surface area contributed by atoms with Crippen molar-refractivity contribution in [2.45, 2.75) is 39.5 Å². The van der Waals surface area contributed by atoms with E-state index in [9.17, 15) is 4.39 Å². The second-order valence-electron chi connectivity index (χ2n) is 7.48. The Kier molecular flexibility index (Phi) is 8.46. The minimum Gasteiger partial charge on any atom is -0.491 e. The van der Waals surface area contributed by atoms with E-state index in [0.29, 0.717) is 18.8 Å². The molecule has 3 heteroatoms. The molecule has 0 N–H and O–H groups in total. The van der Waals surface area contributed by atoms with Gasteiger partial charge in [-0.15, -0.1) is 0 Å². The molecule has 2 nitrogen and oxygen atoms in total. The van der Waals surface area contributed by atoms with Crippen LogP contribution in [0.2, 0.25) is 0 Å². The molecule has 3 rings (SSSR count). The van der Waals surface area contributed by atoms with Crippen LogP contribution >= 0.6 is 0 Å². The topological polar surface area (TPSA) is 18.5 Å². The van der Waals surface area contributed by atoms with Gasteiger partial charge in [-0.3, -0.25) is 0 Å². The molecule has 30 heavy (non-hydrogen) atoms. The van der Waals surface area contributed by atoms with Gasteiger partial charge in [-0.25, -0.2) is 4.39 Å². The Morgan fingerprint density at radius 3 is 2.07 bits per heavy atom. The first-order valence-corrected chi connectivity index (χ1v) is 10.9. The molecule has 0 atom stereocenters. The van der Waals surface area contributed by atoms with E-state index in [2.05, 4.69) is 26.0 Å². The van der Waals surface area contributed by atoms with Crippen molar-refractivity contribution in [2.75, 3.05) is 19.8 Å². The van der Waals surface area contributed by atoms with E-state index in [0.717, 1.165) is 54.7 Å². The summed E-state index contributed by atoms with van der Waals surface area (Å²) in [6.45, 7) is 6.21. The number of rotatable bonds is 11. The average Bonchev–Trinajstić information content (AvgIpc) is 2.77. The third kappa shape index (κ3) is 6.17. The highest BCUT2D eigenvalue weighted by Gasteiger charge is 2.08. The van der Waals surface area contributed by atoms with Crippen molar-refractivity contribution in [2.24, 2.45) is 0 Å². The maximum atomic E-state index is 14.8. The molecule has 0 spiro atoms. The Bertz CT molecular complexity index is 901. The van der Waals surface area contributed by atoms with Crippen LogP contribution in [0.15, 0.2) is 66.7 Å². The molecule has 0 heterocycles. The van der Waals surface area contributed by atoms with E-state index in [-0.39, 0.29) is 5.82 Å². The van der Waals surface area contributed by atoms with Crippen molar-refractivity contribution in [3.63, 3.8) is 0 Å². The minimum atomic E-state index is -0.208. The van der Waals surface area contributed by atoms with Crippen LogP contribution in [0.25, 0.3) is 22.3 Å². The quantitative estimate of drug-likeness (QED) is 0.311. The van der Waals surface area contributed by atoms with Gasteiger partial charge in [-0.05, 0) is 53.3 Å². The van der Waals surface area contributed by atoms with Crippen LogP contribution in [0.3, 0.4) is 0 Å². The van der Waals surface area contributed by atoms with Crippen molar-refractivity contribution >= 4 is 0 Å². The largest absolute Gasteiger partial charge is 0.491 e. The fraction of sp³-hybridized carbons (Fsp3) is 0.333. The Hall–Kier alpha value is -2.65. The summed E-state index contributed by atoms with van der Waals surface area (Å²) in [5.41, 5.74) is 4.64. The highest BCUT2D eigenvalue weighted by atomic mass is 19.1. The van der Waals surface area contributed by atoms with Crippen molar-refractivity contribution in [1.82, 2.24) is 0 Å². The third-order valence-electron chi connectivity index (χ3n) is 5.10. The van der Waals surface area contributed by atoms with Gasteiger partial charge in [0, 0.05) is 12.2 Å². The van der Waals surface area contributed by atoms with E-state index >= 15 is 0 Å². The van der Waals surface area contributed by atoms with Gasteiger partial charge in [0.1, 0.15) is 18.2 Å². The molecule has 0 aliphatic heterocycles. The fourth-order valence-corrected chi connectivity index (χ4v) is 3.38. The Labute approximate surface area is 179 Å². The fourth-order valence-electron chi connectivity index (χ4n) is 3.38. The SMILES string of the molecule is CCCCOCCOc1ccc(-c2ccc(-c3ccc(CCC)cc3)c(F)c2)cc1. The molecule has 158 valence electrons. The summed E-state index contributed by atoms with van der Waals surface area (Å²) >= 11 is 0. The van der Waals surface area contributed by atoms with Crippen LogP contribution in [0.4, 0.5) is 4.39 Å². The van der Waals surface area contributed by atoms with E-state index in [1.807, 2.05) is 48.5 Å². The molecule has 0 radical (unpaired) electrons. The number of benzene rings is 3. The van der Waals surface area contributed by atoms with Crippen LogP contribution in [-0.4, -0.2) is 19.8 Å². The van der Waals surface area contributed by atoms with Crippen LogP contribution in [0.5, 0.6) is 5.75 Å². The summed E-state index contributed by atoms with van der Waals surface area (Å²) in [5.74, 6) is 0.586. The lowest BCUT2D eigenvalue weighted by Gasteiger charge is -2.10. The summed E-state index contributed by atoms with van der Waals surface area (Å²) in [4.78, 5) is 0. The molecule has 0 aliphatic carbocycles. The van der Waals surface area contributed by atoms with E-state index in [1.54, 1.807) is 6.07 Å². The van der Waals surface area contributed by atoms with Crippen molar-refractivity contribution in [3.05, 3.63) is 78.1 Å². The van der Waals surface area contributed by atoms with Gasteiger partial charge in [-0.2, -0.15) is 0 Å². The normalized spacial score (nSPS) is 10.9. The molecule has 0 unspecified atom stereocenters. The second-order valence-corrected chi connectivity index (χ2v) is 7.48. The van der Waals surface area contributed by atoms with Gasteiger partial charge < -0.3 is 9.47 Å². The van der Waals surface area contributed by atoms with E-state index in [4.69, 9.17) is 9.47 Å². The molecular weight excluding hydrogens is 375 g/mol. The first-order chi connectivity index (χ1) is 14.7. The standard InChI is InChI=1S/C27H31FO2/c1-3-5-17-29-18-19-30-25-14-11-22(12-15-25)24-13-16-26(27(28)20-24)23-9-7-21(6-4-2)8-10-23/h7-16,20H,3-6,17-19H2,1-2H3. The second kappa shape index (κ2) is 11.5. The van der Waals surface area contributed by atoms with Gasteiger partial charge in [0.25, 0.3) is 0 Å². The van der Waals surface area contributed by atoms with Gasteiger partial charge in [0.15, 0.2) is 0 Å². The van der Waals surface area contributed by atoms with Crippen LogP contribution in [-0.2, 0) is 11.2 Å². The summed E-state index contributed by atoms with van der Waals surface area (Å²) in [5, 5.41) is 0. The monoisotopic (exact) mass is 406 g/mol. The summed E-state index contributed by atoms with van der Waals surface area (Å²) in [6, 6.07) is 21.4. The Morgan fingerprint density at radius 2 is 1.40 bits per heavy atom. The maximum absolute atomic E-state index is 14.8. The van der Waals surface area contributed by atoms with Gasteiger partial charge >= 0.3 is 0 Å². The van der Waals surface area contributed by atoms with Gasteiger partial charge in [0.05, 0.1) is 6.61 Å². The molecule has 3 aromatic carbocycles. The third-order valence-corrected chi connectivity index (χ3v) is 5.10. The lowest BCUT2D eigenvalue weighted by molar-refractivity contribution is 0.0981. The van der Waals surface area contributed by atoms with E-state index in [1.165, 1.54) is 5.56 Å². The zero-order chi connectivity index (χ0) is 21.2. The predicted molar refractivity (Wildman–Crippen MR) is 122 cm³/mol. The predicted octanol–water partition coefficient (Wildman–Crippen LogP) is 7.31. The smallest absolute Gasteiger partial charge is 0.131 e. The molecule has 0 bridgehead atoms. The van der Waals surface area contributed by atoms with Crippen molar-refractivity contribution in [1.29, 1.82) is 0 Å². The lowest BCUT2D eigenvalue weighted by atomic mass is 9.98. The number of hydrogen-bond acceptors (Lipinski definition) is 2.